The Hall–Kier alpha value is -1.57. The van der Waals surface area contributed by atoms with E-state index in [-0.39, 0.29) is 0 Å². The number of fused-ring (bicyclic) bond motifs is 1. The highest BCUT2D eigenvalue weighted by Gasteiger charge is 2.05. The van der Waals surface area contributed by atoms with E-state index in [1.165, 1.54) is 5.52 Å². The van der Waals surface area contributed by atoms with Crippen LogP contribution >= 0.6 is 0 Å². The minimum atomic E-state index is 0.854. The Morgan fingerprint density at radius 1 is 1.43 bits per heavy atom. The third-order valence-corrected chi connectivity index (χ3v) is 2.27. The topological polar surface area (TPSA) is 17.8 Å². The highest BCUT2D eigenvalue weighted by Crippen LogP contribution is 2.16. The van der Waals surface area contributed by atoms with Gasteiger partial charge in [-0.15, -0.1) is 0 Å². The second-order valence-corrected chi connectivity index (χ2v) is 3.69. The summed E-state index contributed by atoms with van der Waals surface area (Å²) in [6.45, 7) is 8.85. The summed E-state index contributed by atoms with van der Waals surface area (Å²) in [4.78, 5) is 4.49. The van der Waals surface area contributed by atoms with Crippen molar-refractivity contribution in [2.45, 2.75) is 20.4 Å². The van der Waals surface area contributed by atoms with E-state index in [0.29, 0.717) is 0 Å². The lowest BCUT2D eigenvalue weighted by atomic mass is 10.3. The number of nitrogens with zero attached hydrogens (tertiary/aromatic N) is 2. The summed E-state index contributed by atoms with van der Waals surface area (Å²) in [7, 11) is 0. The van der Waals surface area contributed by atoms with Crippen molar-refractivity contribution in [2.75, 3.05) is 0 Å². The molecule has 0 fully saturated rings. The van der Waals surface area contributed by atoms with Gasteiger partial charge in [-0.2, -0.15) is 0 Å². The number of para-hydroxylation sites is 2. The highest BCUT2D eigenvalue weighted by molar-refractivity contribution is 5.75. The lowest BCUT2D eigenvalue weighted by molar-refractivity contribution is 0.775. The van der Waals surface area contributed by atoms with Gasteiger partial charge in [-0.1, -0.05) is 24.3 Å². The Balaban J connectivity index is 2.62. The molecule has 0 amide bonds. The lowest BCUT2D eigenvalue weighted by Crippen LogP contribution is -2.00. The molecule has 0 N–H and O–H groups in total. The van der Waals surface area contributed by atoms with Gasteiger partial charge in [0, 0.05) is 6.54 Å². The predicted octanol–water partition coefficient (Wildman–Crippen LogP) is 2.92. The third kappa shape index (κ3) is 1.43. The molecule has 0 atom stereocenters. The average molecular weight is 186 g/mol. The van der Waals surface area contributed by atoms with Crippen molar-refractivity contribution >= 4 is 11.0 Å². The zero-order valence-electron chi connectivity index (χ0n) is 8.62. The smallest absolute Gasteiger partial charge is 0.107 e. The molecule has 1 aromatic carbocycles. The number of allylic oxidation sites excluding steroid dienone is 1. The number of hydrogen-bond donors (Lipinski definition) is 0. The summed E-state index contributed by atoms with van der Waals surface area (Å²) in [6.07, 6.45) is 0. The van der Waals surface area contributed by atoms with Crippen molar-refractivity contribution in [3.8, 4) is 0 Å². The van der Waals surface area contributed by atoms with Gasteiger partial charge in [0.1, 0.15) is 5.82 Å². The van der Waals surface area contributed by atoms with Crippen molar-refractivity contribution in [1.29, 1.82) is 0 Å². The molecule has 14 heavy (non-hydrogen) atoms. The molecule has 72 valence electrons. The quantitative estimate of drug-likeness (QED) is 0.659. The summed E-state index contributed by atoms with van der Waals surface area (Å²) in [6, 6.07) is 8.19. The fraction of sp³-hybridized carbons (Fsp3) is 0.250. The van der Waals surface area contributed by atoms with Crippen LogP contribution in [0, 0.1) is 6.92 Å². The fourth-order valence-corrected chi connectivity index (χ4v) is 1.67. The summed E-state index contributed by atoms with van der Waals surface area (Å²) in [5, 5.41) is 0. The van der Waals surface area contributed by atoms with E-state index >= 15 is 0 Å². The van der Waals surface area contributed by atoms with Crippen LogP contribution in [0.1, 0.15) is 12.7 Å². The number of rotatable bonds is 2. The SMILES string of the molecule is C=C(C)Cn1c(C)nc2ccccc21. The molecule has 0 unspecified atom stereocenters. The molecule has 0 aliphatic rings. The van der Waals surface area contributed by atoms with Crippen LogP contribution in [0.3, 0.4) is 0 Å². The first kappa shape index (κ1) is 9.00. The molecule has 2 heteroatoms. The van der Waals surface area contributed by atoms with Crippen LogP contribution in [0.2, 0.25) is 0 Å². The van der Waals surface area contributed by atoms with E-state index < -0.39 is 0 Å². The first-order valence-corrected chi connectivity index (χ1v) is 4.75. The molecule has 0 saturated heterocycles. The fourth-order valence-electron chi connectivity index (χ4n) is 1.67. The van der Waals surface area contributed by atoms with Crippen LogP contribution in [-0.2, 0) is 6.54 Å². The molecule has 0 aliphatic heterocycles. The van der Waals surface area contributed by atoms with Crippen LogP contribution < -0.4 is 0 Å². The first-order valence-electron chi connectivity index (χ1n) is 4.75. The maximum Gasteiger partial charge on any atom is 0.107 e. The predicted molar refractivity (Wildman–Crippen MR) is 59.3 cm³/mol. The molecule has 0 saturated carbocycles. The second kappa shape index (κ2) is 3.29. The maximum atomic E-state index is 4.49. The molecule has 1 heterocycles. The molecule has 2 rings (SSSR count). The number of benzene rings is 1. The van der Waals surface area contributed by atoms with Gasteiger partial charge in [-0.3, -0.25) is 0 Å². The van der Waals surface area contributed by atoms with Crippen LogP contribution in [0.25, 0.3) is 11.0 Å². The molecule has 0 aliphatic carbocycles. The second-order valence-electron chi connectivity index (χ2n) is 3.69. The third-order valence-electron chi connectivity index (χ3n) is 2.27. The standard InChI is InChI=1S/C12H14N2/c1-9(2)8-14-10(3)13-11-6-4-5-7-12(11)14/h4-7H,1,8H2,2-3H3. The normalized spacial score (nSPS) is 10.7. The van der Waals surface area contributed by atoms with Crippen LogP contribution in [0.4, 0.5) is 0 Å². The zero-order chi connectivity index (χ0) is 10.1. The van der Waals surface area contributed by atoms with E-state index in [2.05, 4.69) is 22.2 Å². The highest BCUT2D eigenvalue weighted by atomic mass is 15.1. The van der Waals surface area contributed by atoms with Gasteiger partial charge < -0.3 is 4.57 Å². The molecule has 0 bridgehead atoms. The Bertz CT molecular complexity index is 480. The number of hydrogen-bond acceptors (Lipinski definition) is 1. The van der Waals surface area contributed by atoms with E-state index in [0.717, 1.165) is 23.5 Å². The minimum Gasteiger partial charge on any atom is -0.324 e. The maximum absolute atomic E-state index is 4.49. The van der Waals surface area contributed by atoms with Crippen molar-refractivity contribution < 1.29 is 0 Å². The largest absolute Gasteiger partial charge is 0.324 e. The summed E-state index contributed by atoms with van der Waals surface area (Å²) < 4.78 is 2.19. The van der Waals surface area contributed by atoms with Crippen molar-refractivity contribution in [3.05, 3.63) is 42.2 Å². The molecule has 0 radical (unpaired) electrons. The number of aromatic nitrogens is 2. The van der Waals surface area contributed by atoms with E-state index in [1.54, 1.807) is 0 Å². The zero-order valence-corrected chi connectivity index (χ0v) is 8.62. The van der Waals surface area contributed by atoms with Gasteiger partial charge in [0.15, 0.2) is 0 Å². The summed E-state index contributed by atoms with van der Waals surface area (Å²) >= 11 is 0. The average Bonchev–Trinajstić information content (AvgIpc) is 2.43. The van der Waals surface area contributed by atoms with Gasteiger partial charge in [0.05, 0.1) is 11.0 Å². The van der Waals surface area contributed by atoms with Crippen LogP contribution in [0.5, 0.6) is 0 Å². The van der Waals surface area contributed by atoms with Crippen LogP contribution in [-0.4, -0.2) is 9.55 Å². The molecular weight excluding hydrogens is 172 g/mol. The Morgan fingerprint density at radius 2 is 2.14 bits per heavy atom. The van der Waals surface area contributed by atoms with Gasteiger partial charge in [-0.05, 0) is 26.0 Å². The number of imidazole rings is 1. The Kier molecular flexibility index (Phi) is 2.12. The van der Waals surface area contributed by atoms with Crippen molar-refractivity contribution in [2.24, 2.45) is 0 Å². The Morgan fingerprint density at radius 3 is 2.86 bits per heavy atom. The molecule has 2 nitrogen and oxygen atoms in total. The molecule has 0 spiro atoms. The minimum absolute atomic E-state index is 0.854. The van der Waals surface area contributed by atoms with E-state index in [1.807, 2.05) is 32.0 Å². The van der Waals surface area contributed by atoms with Crippen molar-refractivity contribution in [1.82, 2.24) is 9.55 Å². The van der Waals surface area contributed by atoms with Crippen LogP contribution in [0.15, 0.2) is 36.4 Å². The van der Waals surface area contributed by atoms with Gasteiger partial charge in [0.2, 0.25) is 0 Å². The van der Waals surface area contributed by atoms with Gasteiger partial charge >= 0.3 is 0 Å². The van der Waals surface area contributed by atoms with Crippen molar-refractivity contribution in [3.63, 3.8) is 0 Å². The monoisotopic (exact) mass is 186 g/mol. The lowest BCUT2D eigenvalue weighted by Gasteiger charge is -2.05. The van der Waals surface area contributed by atoms with Gasteiger partial charge in [0.25, 0.3) is 0 Å². The number of aryl methyl sites for hydroxylation is 1. The van der Waals surface area contributed by atoms with E-state index in [9.17, 15) is 0 Å². The molecule has 1 aromatic heterocycles. The summed E-state index contributed by atoms with van der Waals surface area (Å²) in [5.41, 5.74) is 3.40. The Labute approximate surface area is 83.9 Å². The van der Waals surface area contributed by atoms with Gasteiger partial charge in [-0.25, -0.2) is 4.98 Å². The molecular formula is C12H14N2. The first-order chi connectivity index (χ1) is 6.68. The summed E-state index contributed by atoms with van der Waals surface area (Å²) in [5.74, 6) is 1.05. The van der Waals surface area contributed by atoms with E-state index in [4.69, 9.17) is 0 Å². The molecule has 2 aromatic rings.